The molecule has 0 saturated carbocycles. The third kappa shape index (κ3) is 4.40. The highest BCUT2D eigenvalue weighted by atomic mass is 16.1. The first kappa shape index (κ1) is 15.2. The number of nitrogens with one attached hydrogen (secondary N) is 1. The van der Waals surface area contributed by atoms with Crippen LogP contribution < -0.4 is 5.32 Å². The molecule has 1 rings (SSSR count). The number of benzene rings is 1. The number of carbonyl (C=O) groups is 1. The molecule has 0 aliphatic heterocycles. The van der Waals surface area contributed by atoms with Crippen LogP contribution in [0.5, 0.6) is 0 Å². The maximum Gasteiger partial charge on any atom is 0.221 e. The topological polar surface area (TPSA) is 52.9 Å². The van der Waals surface area contributed by atoms with Gasteiger partial charge in [-0.15, -0.1) is 0 Å². The molecule has 19 heavy (non-hydrogen) atoms. The van der Waals surface area contributed by atoms with E-state index >= 15 is 0 Å². The minimum absolute atomic E-state index is 0.0493. The van der Waals surface area contributed by atoms with Crippen molar-refractivity contribution in [3.63, 3.8) is 0 Å². The fraction of sp³-hybridized carbons (Fsp3) is 0.500. The van der Waals surface area contributed by atoms with Crippen LogP contribution in [0.2, 0.25) is 0 Å². The molecule has 3 heteroatoms. The Morgan fingerprint density at radius 3 is 2.58 bits per heavy atom. The summed E-state index contributed by atoms with van der Waals surface area (Å²) < 4.78 is 0. The van der Waals surface area contributed by atoms with E-state index in [0.717, 1.165) is 5.56 Å². The molecular formula is C16H22N2O. The van der Waals surface area contributed by atoms with Gasteiger partial charge in [-0.25, -0.2) is 0 Å². The fourth-order valence-electron chi connectivity index (χ4n) is 2.07. The monoisotopic (exact) mass is 258 g/mol. The zero-order chi connectivity index (χ0) is 14.3. The van der Waals surface area contributed by atoms with E-state index in [9.17, 15) is 10.1 Å². The lowest BCUT2D eigenvalue weighted by Crippen LogP contribution is -2.46. The van der Waals surface area contributed by atoms with E-state index in [0.29, 0.717) is 25.7 Å². The lowest BCUT2D eigenvalue weighted by atomic mass is 9.94. The number of nitrogens with zero attached hydrogens (tertiary/aromatic N) is 1. The summed E-state index contributed by atoms with van der Waals surface area (Å²) in [5, 5.41) is 12.0. The molecular weight excluding hydrogens is 236 g/mol. The maximum atomic E-state index is 11.9. The van der Waals surface area contributed by atoms with Crippen molar-refractivity contribution in [1.29, 1.82) is 5.26 Å². The highest BCUT2D eigenvalue weighted by molar-refractivity contribution is 5.77. The average Bonchev–Trinajstić information content (AvgIpc) is 2.43. The van der Waals surface area contributed by atoms with Gasteiger partial charge in [-0.05, 0) is 31.7 Å². The van der Waals surface area contributed by atoms with Gasteiger partial charge >= 0.3 is 0 Å². The van der Waals surface area contributed by atoms with Crippen LogP contribution >= 0.6 is 0 Å². The van der Waals surface area contributed by atoms with Crippen molar-refractivity contribution >= 4 is 5.91 Å². The minimum atomic E-state index is -0.705. The van der Waals surface area contributed by atoms with E-state index < -0.39 is 5.54 Å². The number of amides is 1. The van der Waals surface area contributed by atoms with E-state index in [2.05, 4.69) is 17.5 Å². The molecule has 0 aliphatic carbocycles. The summed E-state index contributed by atoms with van der Waals surface area (Å²) in [6.45, 7) is 5.89. The van der Waals surface area contributed by atoms with E-state index in [1.807, 2.05) is 39.0 Å². The summed E-state index contributed by atoms with van der Waals surface area (Å²) in [5.41, 5.74) is 1.65. The van der Waals surface area contributed by atoms with Crippen molar-refractivity contribution in [3.05, 3.63) is 35.4 Å². The molecule has 1 aromatic carbocycles. The molecule has 1 aromatic rings. The van der Waals surface area contributed by atoms with Crippen LogP contribution in [0.4, 0.5) is 0 Å². The normalized spacial score (nSPS) is 10.8. The minimum Gasteiger partial charge on any atom is -0.338 e. The first-order chi connectivity index (χ1) is 9.05. The van der Waals surface area contributed by atoms with Gasteiger partial charge in [0.1, 0.15) is 5.54 Å². The van der Waals surface area contributed by atoms with E-state index in [-0.39, 0.29) is 5.91 Å². The van der Waals surface area contributed by atoms with Gasteiger partial charge < -0.3 is 5.32 Å². The van der Waals surface area contributed by atoms with Gasteiger partial charge in [0.05, 0.1) is 6.07 Å². The maximum absolute atomic E-state index is 11.9. The standard InChI is InChI=1S/C16H22N2O/c1-4-16(5-2,12-17)18-15(19)10-9-14-8-6-7-13(3)11-14/h6-8,11H,4-5,9-10H2,1-3H3,(H,18,19). The van der Waals surface area contributed by atoms with Crippen LogP contribution in [-0.4, -0.2) is 11.4 Å². The molecule has 0 spiro atoms. The van der Waals surface area contributed by atoms with Crippen LogP contribution in [0.1, 0.15) is 44.2 Å². The molecule has 0 bridgehead atoms. The Morgan fingerprint density at radius 1 is 1.37 bits per heavy atom. The van der Waals surface area contributed by atoms with Crippen molar-refractivity contribution in [2.75, 3.05) is 0 Å². The Bertz CT molecular complexity index is 470. The van der Waals surface area contributed by atoms with Crippen molar-refractivity contribution in [1.82, 2.24) is 5.32 Å². The van der Waals surface area contributed by atoms with E-state index in [1.165, 1.54) is 5.56 Å². The molecule has 0 heterocycles. The smallest absolute Gasteiger partial charge is 0.221 e. The average molecular weight is 258 g/mol. The predicted octanol–water partition coefficient (Wildman–Crippen LogP) is 3.13. The Balaban J connectivity index is 2.55. The third-order valence-electron chi connectivity index (χ3n) is 3.52. The lowest BCUT2D eigenvalue weighted by Gasteiger charge is -2.24. The third-order valence-corrected chi connectivity index (χ3v) is 3.52. The predicted molar refractivity (Wildman–Crippen MR) is 76.6 cm³/mol. The van der Waals surface area contributed by atoms with Crippen molar-refractivity contribution < 1.29 is 4.79 Å². The summed E-state index contributed by atoms with van der Waals surface area (Å²) in [4.78, 5) is 11.9. The first-order valence-electron chi connectivity index (χ1n) is 6.83. The Kier molecular flexibility index (Phi) is 5.57. The van der Waals surface area contributed by atoms with Crippen LogP contribution in [0, 0.1) is 18.3 Å². The fourth-order valence-corrected chi connectivity index (χ4v) is 2.07. The van der Waals surface area contributed by atoms with Crippen LogP contribution in [0.3, 0.4) is 0 Å². The van der Waals surface area contributed by atoms with Crippen LogP contribution in [0.15, 0.2) is 24.3 Å². The lowest BCUT2D eigenvalue weighted by molar-refractivity contribution is -0.122. The second-order valence-electron chi connectivity index (χ2n) is 4.94. The Labute approximate surface area is 115 Å². The number of aryl methyl sites for hydroxylation is 2. The summed E-state index contributed by atoms with van der Waals surface area (Å²) in [6, 6.07) is 10.4. The highest BCUT2D eigenvalue weighted by Gasteiger charge is 2.27. The zero-order valence-electron chi connectivity index (χ0n) is 12.0. The number of rotatable bonds is 6. The summed E-state index contributed by atoms with van der Waals surface area (Å²) >= 11 is 0. The summed E-state index contributed by atoms with van der Waals surface area (Å²) in [5.74, 6) is -0.0493. The SMILES string of the molecule is CCC(C#N)(CC)NC(=O)CCc1cccc(C)c1. The van der Waals surface area contributed by atoms with E-state index in [1.54, 1.807) is 0 Å². The van der Waals surface area contributed by atoms with Crippen molar-refractivity contribution in [3.8, 4) is 6.07 Å². The quantitative estimate of drug-likeness (QED) is 0.852. The molecule has 0 aromatic heterocycles. The second kappa shape index (κ2) is 6.94. The largest absolute Gasteiger partial charge is 0.338 e. The molecule has 0 aliphatic rings. The van der Waals surface area contributed by atoms with Gasteiger partial charge in [0.25, 0.3) is 0 Å². The van der Waals surface area contributed by atoms with Gasteiger partial charge in [0.15, 0.2) is 0 Å². The van der Waals surface area contributed by atoms with Gasteiger partial charge in [-0.2, -0.15) is 5.26 Å². The summed E-state index contributed by atoms with van der Waals surface area (Å²) in [7, 11) is 0. The Morgan fingerprint density at radius 2 is 2.05 bits per heavy atom. The Hall–Kier alpha value is -1.82. The molecule has 102 valence electrons. The van der Waals surface area contributed by atoms with Crippen molar-refractivity contribution in [2.45, 2.75) is 52.0 Å². The van der Waals surface area contributed by atoms with Gasteiger partial charge in [0.2, 0.25) is 5.91 Å². The zero-order valence-corrected chi connectivity index (χ0v) is 12.0. The summed E-state index contributed by atoms with van der Waals surface area (Å²) in [6.07, 6.45) is 2.40. The number of hydrogen-bond acceptors (Lipinski definition) is 2. The molecule has 3 nitrogen and oxygen atoms in total. The highest BCUT2D eigenvalue weighted by Crippen LogP contribution is 2.14. The molecule has 0 atom stereocenters. The van der Waals surface area contributed by atoms with Gasteiger partial charge in [-0.1, -0.05) is 43.7 Å². The van der Waals surface area contributed by atoms with E-state index in [4.69, 9.17) is 0 Å². The number of carbonyl (C=O) groups excluding carboxylic acids is 1. The van der Waals surface area contributed by atoms with Crippen LogP contribution in [-0.2, 0) is 11.2 Å². The molecule has 1 amide bonds. The van der Waals surface area contributed by atoms with Gasteiger partial charge in [0, 0.05) is 6.42 Å². The molecule has 0 unspecified atom stereocenters. The van der Waals surface area contributed by atoms with Gasteiger partial charge in [-0.3, -0.25) is 4.79 Å². The molecule has 0 fully saturated rings. The molecule has 0 radical (unpaired) electrons. The molecule has 0 saturated heterocycles. The van der Waals surface area contributed by atoms with Crippen molar-refractivity contribution in [2.24, 2.45) is 0 Å². The number of nitriles is 1. The van der Waals surface area contributed by atoms with Crippen LogP contribution in [0.25, 0.3) is 0 Å². The second-order valence-corrected chi connectivity index (χ2v) is 4.94. The number of hydrogen-bond donors (Lipinski definition) is 1. The first-order valence-corrected chi connectivity index (χ1v) is 6.83. The molecule has 1 N–H and O–H groups in total.